The number of hydrogen-bond acceptors (Lipinski definition) is 2. The molecule has 2 heteroatoms. The van der Waals surface area contributed by atoms with E-state index in [-0.39, 0.29) is 5.41 Å². The van der Waals surface area contributed by atoms with Gasteiger partial charge in [-0.25, -0.2) is 0 Å². The molecule has 1 aliphatic rings. The van der Waals surface area contributed by atoms with Gasteiger partial charge in [-0.15, -0.1) is 0 Å². The second-order valence-corrected chi connectivity index (χ2v) is 3.21. The monoisotopic (exact) mass is 137 g/mol. The Balaban J connectivity index is 2.30. The van der Waals surface area contributed by atoms with E-state index in [0.29, 0.717) is 6.04 Å². The summed E-state index contributed by atoms with van der Waals surface area (Å²) in [7, 11) is 0. The molecule has 2 atom stereocenters. The molecule has 0 amide bonds. The summed E-state index contributed by atoms with van der Waals surface area (Å²) in [6.07, 6.45) is 2.76. The van der Waals surface area contributed by atoms with Crippen molar-refractivity contribution in [3.8, 4) is 0 Å². The van der Waals surface area contributed by atoms with Crippen LogP contribution in [-0.2, 0) is 5.41 Å². The molecular weight excluding hydrogens is 126 g/mol. The summed E-state index contributed by atoms with van der Waals surface area (Å²) in [5.74, 6) is 1.03. The van der Waals surface area contributed by atoms with Crippen molar-refractivity contribution < 1.29 is 4.42 Å². The lowest BCUT2D eigenvalue weighted by atomic mass is 10.1. The van der Waals surface area contributed by atoms with Gasteiger partial charge in [0.15, 0.2) is 0 Å². The lowest BCUT2D eigenvalue weighted by molar-refractivity contribution is 0.460. The molecule has 0 aliphatic heterocycles. The van der Waals surface area contributed by atoms with Gasteiger partial charge in [0.1, 0.15) is 5.76 Å². The van der Waals surface area contributed by atoms with Crippen molar-refractivity contribution in [2.24, 2.45) is 5.73 Å². The Morgan fingerprint density at radius 3 is 2.90 bits per heavy atom. The van der Waals surface area contributed by atoms with Gasteiger partial charge in [-0.05, 0) is 18.6 Å². The highest BCUT2D eigenvalue weighted by Crippen LogP contribution is 2.46. The summed E-state index contributed by atoms with van der Waals surface area (Å²) >= 11 is 0. The van der Waals surface area contributed by atoms with Crippen LogP contribution >= 0.6 is 0 Å². The van der Waals surface area contributed by atoms with Gasteiger partial charge in [0, 0.05) is 11.5 Å². The van der Waals surface area contributed by atoms with Gasteiger partial charge >= 0.3 is 0 Å². The largest absolute Gasteiger partial charge is 0.469 e. The molecule has 0 saturated heterocycles. The third-order valence-electron chi connectivity index (χ3n) is 2.39. The lowest BCUT2D eigenvalue weighted by Gasteiger charge is -2.02. The van der Waals surface area contributed by atoms with Gasteiger partial charge in [-0.3, -0.25) is 0 Å². The van der Waals surface area contributed by atoms with Crippen LogP contribution in [0.2, 0.25) is 0 Å². The minimum Gasteiger partial charge on any atom is -0.469 e. The molecule has 1 heterocycles. The zero-order valence-electron chi connectivity index (χ0n) is 6.00. The van der Waals surface area contributed by atoms with Crippen molar-refractivity contribution in [1.29, 1.82) is 0 Å². The van der Waals surface area contributed by atoms with E-state index in [9.17, 15) is 0 Å². The normalized spacial score (nSPS) is 38.0. The highest BCUT2D eigenvalue weighted by atomic mass is 16.3. The lowest BCUT2D eigenvalue weighted by Crippen LogP contribution is -2.13. The summed E-state index contributed by atoms with van der Waals surface area (Å²) in [5.41, 5.74) is 5.87. The first-order valence-corrected chi connectivity index (χ1v) is 3.53. The highest BCUT2D eigenvalue weighted by molar-refractivity contribution is 5.26. The molecule has 2 rings (SSSR count). The molecule has 2 unspecified atom stereocenters. The van der Waals surface area contributed by atoms with Crippen molar-refractivity contribution in [2.75, 3.05) is 0 Å². The van der Waals surface area contributed by atoms with E-state index >= 15 is 0 Å². The van der Waals surface area contributed by atoms with Crippen LogP contribution in [0.15, 0.2) is 22.8 Å². The van der Waals surface area contributed by atoms with Crippen molar-refractivity contribution >= 4 is 0 Å². The molecule has 54 valence electrons. The van der Waals surface area contributed by atoms with Crippen molar-refractivity contribution in [2.45, 2.75) is 24.8 Å². The van der Waals surface area contributed by atoms with Crippen LogP contribution in [-0.4, -0.2) is 6.04 Å². The molecule has 0 aromatic carbocycles. The smallest absolute Gasteiger partial charge is 0.111 e. The van der Waals surface area contributed by atoms with Gasteiger partial charge in [0.25, 0.3) is 0 Å². The maximum absolute atomic E-state index is 5.73. The number of rotatable bonds is 1. The molecule has 1 aromatic heterocycles. The molecule has 1 saturated carbocycles. The highest BCUT2D eigenvalue weighted by Gasteiger charge is 2.51. The topological polar surface area (TPSA) is 39.2 Å². The van der Waals surface area contributed by atoms with Crippen LogP contribution in [0.25, 0.3) is 0 Å². The van der Waals surface area contributed by atoms with Crippen LogP contribution in [0.3, 0.4) is 0 Å². The van der Waals surface area contributed by atoms with Crippen molar-refractivity contribution in [1.82, 2.24) is 0 Å². The summed E-state index contributed by atoms with van der Waals surface area (Å²) in [5, 5.41) is 0. The maximum atomic E-state index is 5.73. The van der Waals surface area contributed by atoms with Crippen molar-refractivity contribution in [3.63, 3.8) is 0 Å². The first-order chi connectivity index (χ1) is 4.73. The minimum atomic E-state index is 0.142. The Labute approximate surface area is 60.0 Å². The van der Waals surface area contributed by atoms with Crippen LogP contribution < -0.4 is 5.73 Å². The second-order valence-electron chi connectivity index (χ2n) is 3.21. The van der Waals surface area contributed by atoms with Gasteiger partial charge in [-0.2, -0.15) is 0 Å². The summed E-state index contributed by atoms with van der Waals surface area (Å²) in [6.45, 7) is 2.14. The molecule has 0 radical (unpaired) electrons. The molecule has 2 nitrogen and oxygen atoms in total. The Kier molecular flexibility index (Phi) is 0.980. The minimum absolute atomic E-state index is 0.142. The molecular formula is C8H11NO. The van der Waals surface area contributed by atoms with E-state index in [1.54, 1.807) is 6.26 Å². The van der Waals surface area contributed by atoms with Gasteiger partial charge in [-0.1, -0.05) is 6.92 Å². The number of hydrogen-bond donors (Lipinski definition) is 1. The number of furan rings is 1. The molecule has 0 bridgehead atoms. The summed E-state index contributed by atoms with van der Waals surface area (Å²) in [4.78, 5) is 0. The average Bonchev–Trinajstić information content (AvgIpc) is 2.35. The van der Waals surface area contributed by atoms with E-state index in [2.05, 4.69) is 6.92 Å². The van der Waals surface area contributed by atoms with E-state index < -0.39 is 0 Å². The van der Waals surface area contributed by atoms with E-state index in [4.69, 9.17) is 10.2 Å². The Hall–Kier alpha value is -0.760. The van der Waals surface area contributed by atoms with E-state index in [1.807, 2.05) is 12.1 Å². The fourth-order valence-corrected chi connectivity index (χ4v) is 1.28. The fourth-order valence-electron chi connectivity index (χ4n) is 1.28. The van der Waals surface area contributed by atoms with Gasteiger partial charge in [0.05, 0.1) is 6.26 Å². The first kappa shape index (κ1) is 5.98. The summed E-state index contributed by atoms with van der Waals surface area (Å²) in [6, 6.07) is 4.21. The van der Waals surface area contributed by atoms with Crippen LogP contribution in [0, 0.1) is 0 Å². The zero-order chi connectivity index (χ0) is 7.19. The molecule has 0 spiro atoms. The Bertz CT molecular complexity index is 229. The third-order valence-corrected chi connectivity index (χ3v) is 2.39. The molecule has 10 heavy (non-hydrogen) atoms. The second kappa shape index (κ2) is 1.64. The first-order valence-electron chi connectivity index (χ1n) is 3.53. The average molecular weight is 137 g/mol. The van der Waals surface area contributed by atoms with Gasteiger partial charge < -0.3 is 10.2 Å². The maximum Gasteiger partial charge on any atom is 0.111 e. The third kappa shape index (κ3) is 0.625. The zero-order valence-corrected chi connectivity index (χ0v) is 6.00. The Morgan fingerprint density at radius 2 is 2.50 bits per heavy atom. The molecule has 1 aromatic rings. The molecule has 1 aliphatic carbocycles. The SMILES string of the molecule is CC1(c2ccco2)CC1N. The van der Waals surface area contributed by atoms with Crippen LogP contribution in [0.5, 0.6) is 0 Å². The number of nitrogens with two attached hydrogens (primary N) is 1. The Morgan fingerprint density at radius 1 is 1.80 bits per heavy atom. The standard InChI is InChI=1S/C8H11NO/c1-8(5-6(8)9)7-3-2-4-10-7/h2-4,6H,5,9H2,1H3. The van der Waals surface area contributed by atoms with E-state index in [0.717, 1.165) is 12.2 Å². The quantitative estimate of drug-likeness (QED) is 0.633. The van der Waals surface area contributed by atoms with Gasteiger partial charge in [0.2, 0.25) is 0 Å². The fraction of sp³-hybridized carbons (Fsp3) is 0.500. The molecule has 2 N–H and O–H groups in total. The van der Waals surface area contributed by atoms with E-state index in [1.165, 1.54) is 0 Å². The van der Waals surface area contributed by atoms with Crippen LogP contribution in [0.1, 0.15) is 19.1 Å². The van der Waals surface area contributed by atoms with Crippen molar-refractivity contribution in [3.05, 3.63) is 24.2 Å². The van der Waals surface area contributed by atoms with Crippen LogP contribution in [0.4, 0.5) is 0 Å². The summed E-state index contributed by atoms with van der Waals surface area (Å²) < 4.78 is 5.25. The predicted octanol–water partition coefficient (Wildman–Crippen LogP) is 1.27. The molecule has 1 fully saturated rings. The predicted molar refractivity (Wildman–Crippen MR) is 38.7 cm³/mol.